The van der Waals surface area contributed by atoms with Crippen LogP contribution >= 0.6 is 11.3 Å². The molecule has 0 amide bonds. The SMILES string of the molecule is CCCC(O)CN(Cc1nc2sc3c(c2c(=O)[nH]1)CCCC3)C(C)C. The van der Waals surface area contributed by atoms with Gasteiger partial charge in [0.2, 0.25) is 0 Å². The summed E-state index contributed by atoms with van der Waals surface area (Å²) in [5.74, 6) is 0.702. The first-order valence-corrected chi connectivity index (χ1v) is 10.3. The molecule has 2 N–H and O–H groups in total. The monoisotopic (exact) mass is 363 g/mol. The number of aryl methyl sites for hydroxylation is 2. The normalized spacial score (nSPS) is 15.9. The minimum absolute atomic E-state index is 0.00258. The van der Waals surface area contributed by atoms with Crippen molar-refractivity contribution in [3.05, 3.63) is 26.6 Å². The maximum atomic E-state index is 12.7. The average molecular weight is 364 g/mol. The van der Waals surface area contributed by atoms with E-state index in [-0.39, 0.29) is 17.7 Å². The van der Waals surface area contributed by atoms with Gasteiger partial charge in [0.15, 0.2) is 0 Å². The molecule has 0 saturated carbocycles. The van der Waals surface area contributed by atoms with E-state index in [1.165, 1.54) is 16.9 Å². The van der Waals surface area contributed by atoms with Crippen LogP contribution in [-0.2, 0) is 19.4 Å². The lowest BCUT2D eigenvalue weighted by molar-refractivity contribution is 0.0828. The van der Waals surface area contributed by atoms with E-state index >= 15 is 0 Å². The molecule has 0 spiro atoms. The van der Waals surface area contributed by atoms with E-state index < -0.39 is 0 Å². The van der Waals surface area contributed by atoms with Crippen LogP contribution in [0.25, 0.3) is 10.2 Å². The molecule has 0 aliphatic heterocycles. The van der Waals surface area contributed by atoms with Crippen molar-refractivity contribution in [2.45, 2.75) is 78.0 Å². The number of H-pyrrole nitrogens is 1. The lowest BCUT2D eigenvalue weighted by Gasteiger charge is -2.28. The molecule has 6 heteroatoms. The van der Waals surface area contributed by atoms with Gasteiger partial charge < -0.3 is 10.1 Å². The van der Waals surface area contributed by atoms with E-state index in [1.54, 1.807) is 11.3 Å². The number of hydrogen-bond acceptors (Lipinski definition) is 5. The summed E-state index contributed by atoms with van der Waals surface area (Å²) < 4.78 is 0. The second-order valence-electron chi connectivity index (χ2n) is 7.37. The van der Waals surface area contributed by atoms with E-state index in [1.807, 2.05) is 0 Å². The van der Waals surface area contributed by atoms with Crippen LogP contribution < -0.4 is 5.56 Å². The van der Waals surface area contributed by atoms with Gasteiger partial charge in [-0.2, -0.15) is 0 Å². The number of rotatable bonds is 7. The van der Waals surface area contributed by atoms with Gasteiger partial charge in [0.1, 0.15) is 10.7 Å². The third kappa shape index (κ3) is 4.13. The van der Waals surface area contributed by atoms with Crippen LogP contribution in [0.5, 0.6) is 0 Å². The number of aliphatic hydroxyl groups excluding tert-OH is 1. The molecular weight excluding hydrogens is 334 g/mol. The summed E-state index contributed by atoms with van der Waals surface area (Å²) in [5.41, 5.74) is 1.22. The number of aromatic amines is 1. The molecule has 2 heterocycles. The first kappa shape index (κ1) is 18.5. The Hall–Kier alpha value is -1.24. The molecule has 1 aliphatic rings. The Morgan fingerprint density at radius 2 is 2.08 bits per heavy atom. The Bertz CT molecular complexity index is 781. The summed E-state index contributed by atoms with van der Waals surface area (Å²) in [6.07, 6.45) is 5.88. The van der Waals surface area contributed by atoms with Crippen molar-refractivity contribution >= 4 is 21.6 Å². The molecule has 0 aromatic carbocycles. The Labute approximate surface area is 153 Å². The Balaban J connectivity index is 1.86. The van der Waals surface area contributed by atoms with E-state index in [2.05, 4.69) is 30.7 Å². The largest absolute Gasteiger partial charge is 0.392 e. The summed E-state index contributed by atoms with van der Waals surface area (Å²) >= 11 is 1.69. The summed E-state index contributed by atoms with van der Waals surface area (Å²) in [7, 11) is 0. The zero-order valence-electron chi connectivity index (χ0n) is 15.5. The van der Waals surface area contributed by atoms with Crippen molar-refractivity contribution in [2.24, 2.45) is 0 Å². The zero-order valence-corrected chi connectivity index (χ0v) is 16.3. The molecule has 0 saturated heterocycles. The minimum Gasteiger partial charge on any atom is -0.392 e. The predicted molar refractivity (Wildman–Crippen MR) is 103 cm³/mol. The predicted octanol–water partition coefficient (Wildman–Crippen LogP) is 3.23. The van der Waals surface area contributed by atoms with E-state index in [4.69, 9.17) is 4.98 Å². The summed E-state index contributed by atoms with van der Waals surface area (Å²) in [4.78, 5) is 24.8. The highest BCUT2D eigenvalue weighted by Gasteiger charge is 2.21. The van der Waals surface area contributed by atoms with E-state index in [9.17, 15) is 9.90 Å². The number of fused-ring (bicyclic) bond motifs is 3. The van der Waals surface area contributed by atoms with Crippen LogP contribution in [0.2, 0.25) is 0 Å². The van der Waals surface area contributed by atoms with Crippen molar-refractivity contribution in [3.8, 4) is 0 Å². The summed E-state index contributed by atoms with van der Waals surface area (Å²) in [5, 5.41) is 11.0. The third-order valence-electron chi connectivity index (χ3n) is 5.02. The Morgan fingerprint density at radius 3 is 2.80 bits per heavy atom. The quantitative estimate of drug-likeness (QED) is 0.792. The molecule has 25 heavy (non-hydrogen) atoms. The fourth-order valence-corrected chi connectivity index (χ4v) is 4.91. The van der Waals surface area contributed by atoms with Crippen molar-refractivity contribution in [3.63, 3.8) is 0 Å². The molecule has 0 bridgehead atoms. The van der Waals surface area contributed by atoms with Gasteiger partial charge in [0, 0.05) is 17.5 Å². The summed E-state index contributed by atoms with van der Waals surface area (Å²) in [6.45, 7) is 7.47. The van der Waals surface area contributed by atoms with E-state index in [0.29, 0.717) is 18.9 Å². The number of nitrogens with one attached hydrogen (secondary N) is 1. The molecule has 3 rings (SSSR count). The first-order chi connectivity index (χ1) is 12.0. The van der Waals surface area contributed by atoms with Gasteiger partial charge >= 0.3 is 0 Å². The molecule has 1 unspecified atom stereocenters. The van der Waals surface area contributed by atoms with Gasteiger partial charge in [-0.15, -0.1) is 11.3 Å². The number of hydrogen-bond donors (Lipinski definition) is 2. The van der Waals surface area contributed by atoms with Gasteiger partial charge in [0.25, 0.3) is 5.56 Å². The van der Waals surface area contributed by atoms with Crippen LogP contribution in [0.4, 0.5) is 0 Å². The maximum absolute atomic E-state index is 12.7. The van der Waals surface area contributed by atoms with E-state index in [0.717, 1.165) is 42.3 Å². The molecule has 1 atom stereocenters. The number of thiophene rings is 1. The van der Waals surface area contributed by atoms with Gasteiger partial charge in [-0.05, 0) is 51.5 Å². The highest BCUT2D eigenvalue weighted by Crippen LogP contribution is 2.33. The lowest BCUT2D eigenvalue weighted by Crippen LogP contribution is -2.38. The highest BCUT2D eigenvalue weighted by atomic mass is 32.1. The molecule has 0 radical (unpaired) electrons. The minimum atomic E-state index is -0.336. The van der Waals surface area contributed by atoms with Crippen molar-refractivity contribution in [1.29, 1.82) is 0 Å². The first-order valence-electron chi connectivity index (χ1n) is 9.45. The molecule has 5 nitrogen and oxygen atoms in total. The van der Waals surface area contributed by atoms with Crippen molar-refractivity contribution in [2.75, 3.05) is 6.54 Å². The average Bonchev–Trinajstić information content (AvgIpc) is 2.93. The smallest absolute Gasteiger partial charge is 0.259 e. The van der Waals surface area contributed by atoms with Crippen LogP contribution in [0.15, 0.2) is 4.79 Å². The van der Waals surface area contributed by atoms with Crippen LogP contribution in [0.3, 0.4) is 0 Å². The van der Waals surface area contributed by atoms with Crippen molar-refractivity contribution in [1.82, 2.24) is 14.9 Å². The van der Waals surface area contributed by atoms with Gasteiger partial charge in [0.05, 0.1) is 18.0 Å². The molecule has 1 aliphatic carbocycles. The molecular formula is C19H29N3O2S. The number of aromatic nitrogens is 2. The van der Waals surface area contributed by atoms with Crippen molar-refractivity contribution < 1.29 is 5.11 Å². The molecule has 0 fully saturated rings. The standard InChI is InChI=1S/C19H29N3O2S/c1-4-7-13(23)10-22(12(2)3)11-16-20-18(24)17-14-8-5-6-9-15(14)25-19(17)21-16/h12-13,23H,4-11H2,1-3H3,(H,20,21,24). The second kappa shape index (κ2) is 7.98. The summed E-state index contributed by atoms with van der Waals surface area (Å²) in [6, 6.07) is 0.282. The second-order valence-corrected chi connectivity index (χ2v) is 8.45. The molecule has 2 aromatic heterocycles. The molecule has 138 valence electrons. The lowest BCUT2D eigenvalue weighted by atomic mass is 9.97. The van der Waals surface area contributed by atoms with Gasteiger partial charge in [-0.3, -0.25) is 9.69 Å². The Kier molecular flexibility index (Phi) is 5.92. The fraction of sp³-hybridized carbons (Fsp3) is 0.684. The van der Waals surface area contributed by atoms with Crippen LogP contribution in [0, 0.1) is 0 Å². The molecule has 2 aromatic rings. The van der Waals surface area contributed by atoms with Gasteiger partial charge in [-0.1, -0.05) is 13.3 Å². The topological polar surface area (TPSA) is 69.2 Å². The van der Waals surface area contributed by atoms with Crippen LogP contribution in [-0.4, -0.2) is 38.7 Å². The van der Waals surface area contributed by atoms with Crippen LogP contribution in [0.1, 0.15) is 62.7 Å². The number of nitrogens with zero attached hydrogens (tertiary/aromatic N) is 2. The van der Waals surface area contributed by atoms with Gasteiger partial charge in [-0.25, -0.2) is 4.98 Å². The maximum Gasteiger partial charge on any atom is 0.259 e. The zero-order chi connectivity index (χ0) is 18.0. The number of aliphatic hydroxyl groups is 1. The Morgan fingerprint density at radius 1 is 1.32 bits per heavy atom. The highest BCUT2D eigenvalue weighted by molar-refractivity contribution is 7.18. The fourth-order valence-electron chi connectivity index (χ4n) is 3.63. The third-order valence-corrected chi connectivity index (χ3v) is 6.21.